The maximum Gasteiger partial charge on any atom is 0.295 e. The Balaban J connectivity index is 1.90. The van der Waals surface area contributed by atoms with Crippen LogP contribution in [0.15, 0.2) is 66.2 Å². The largest absolute Gasteiger partial charge is 0.507 e. The summed E-state index contributed by atoms with van der Waals surface area (Å²) in [5, 5.41) is 23.3. The van der Waals surface area contributed by atoms with Crippen LogP contribution in [-0.2, 0) is 9.59 Å². The monoisotopic (exact) mass is 434 g/mol. The van der Waals surface area contributed by atoms with Crippen LogP contribution >= 0.6 is 0 Å². The third-order valence-corrected chi connectivity index (χ3v) is 5.67. The molecular formula is C25H23FN2O4. The van der Waals surface area contributed by atoms with Crippen molar-refractivity contribution in [3.8, 4) is 5.75 Å². The summed E-state index contributed by atoms with van der Waals surface area (Å²) < 4.78 is 13.6. The molecule has 7 heteroatoms. The minimum absolute atomic E-state index is 0.0569. The maximum absolute atomic E-state index is 13.6. The first-order valence-electron chi connectivity index (χ1n) is 10.2. The smallest absolute Gasteiger partial charge is 0.295 e. The van der Waals surface area contributed by atoms with Gasteiger partial charge in [-0.05, 0) is 43.2 Å². The molecule has 0 spiro atoms. The summed E-state index contributed by atoms with van der Waals surface area (Å²) in [7, 11) is 3.69. The van der Waals surface area contributed by atoms with E-state index in [9.17, 15) is 24.2 Å². The third kappa shape index (κ3) is 3.71. The Morgan fingerprint density at radius 1 is 1.03 bits per heavy atom. The Morgan fingerprint density at radius 3 is 2.41 bits per heavy atom. The van der Waals surface area contributed by atoms with E-state index in [1.54, 1.807) is 18.2 Å². The van der Waals surface area contributed by atoms with Gasteiger partial charge < -0.3 is 20.0 Å². The van der Waals surface area contributed by atoms with E-state index in [4.69, 9.17) is 0 Å². The van der Waals surface area contributed by atoms with Gasteiger partial charge in [0.1, 0.15) is 17.3 Å². The van der Waals surface area contributed by atoms with Crippen molar-refractivity contribution in [1.29, 1.82) is 0 Å². The minimum Gasteiger partial charge on any atom is -0.507 e. The number of aliphatic hydroxyl groups is 1. The normalized spacial score (nSPS) is 18.1. The molecule has 164 valence electrons. The summed E-state index contributed by atoms with van der Waals surface area (Å²) in [4.78, 5) is 29.2. The standard InChI is InChI=1S/C25H23FN2O4/c1-27(2)13-14-28-21(16-7-10-17(26)11-8-16)20(24(31)25(28)32)23(30)19-12-9-15-5-3-4-6-18(15)22(19)29/h3-12,21,29-30H,13-14H2,1-2H3. The molecule has 1 aliphatic rings. The number of nitrogens with zero attached hydrogens (tertiary/aromatic N) is 2. The van der Waals surface area contributed by atoms with Gasteiger partial charge in [0, 0.05) is 18.5 Å². The summed E-state index contributed by atoms with van der Waals surface area (Å²) in [6, 6.07) is 14.9. The molecule has 0 radical (unpaired) electrons. The highest BCUT2D eigenvalue weighted by molar-refractivity contribution is 6.46. The van der Waals surface area contributed by atoms with E-state index >= 15 is 0 Å². The highest BCUT2D eigenvalue weighted by atomic mass is 19.1. The Labute approximate surface area is 184 Å². The Hall–Kier alpha value is -3.71. The second-order valence-electron chi connectivity index (χ2n) is 8.03. The molecule has 3 aromatic carbocycles. The fraction of sp³-hybridized carbons (Fsp3) is 0.200. The molecule has 3 aromatic rings. The average Bonchev–Trinajstić information content (AvgIpc) is 3.03. The second-order valence-corrected chi connectivity index (χ2v) is 8.03. The average molecular weight is 434 g/mol. The van der Waals surface area contributed by atoms with Crippen molar-refractivity contribution < 1.29 is 24.2 Å². The zero-order chi connectivity index (χ0) is 23.0. The number of amides is 1. The molecule has 2 N–H and O–H groups in total. The highest BCUT2D eigenvalue weighted by Crippen LogP contribution is 2.42. The van der Waals surface area contributed by atoms with Crippen molar-refractivity contribution in [3.63, 3.8) is 0 Å². The first kappa shape index (κ1) is 21.5. The lowest BCUT2D eigenvalue weighted by atomic mass is 9.94. The van der Waals surface area contributed by atoms with Gasteiger partial charge in [-0.1, -0.05) is 42.5 Å². The first-order chi connectivity index (χ1) is 15.3. The molecular weight excluding hydrogens is 411 g/mol. The van der Waals surface area contributed by atoms with Crippen LogP contribution in [0.3, 0.4) is 0 Å². The van der Waals surface area contributed by atoms with Crippen molar-refractivity contribution in [1.82, 2.24) is 9.80 Å². The van der Waals surface area contributed by atoms with Crippen LogP contribution in [0.5, 0.6) is 5.75 Å². The molecule has 0 aliphatic carbocycles. The van der Waals surface area contributed by atoms with Crippen LogP contribution in [0.1, 0.15) is 17.2 Å². The molecule has 1 fully saturated rings. The molecule has 0 bridgehead atoms. The number of carbonyl (C=O) groups excluding carboxylic acids is 2. The number of phenols is 1. The van der Waals surface area contributed by atoms with Gasteiger partial charge in [0.2, 0.25) is 0 Å². The number of likely N-dealkylation sites (N-methyl/N-ethyl adjacent to an activating group) is 1. The number of carbonyl (C=O) groups is 2. The van der Waals surface area contributed by atoms with E-state index < -0.39 is 29.3 Å². The Kier molecular flexibility index (Phi) is 5.67. The quantitative estimate of drug-likeness (QED) is 0.364. The molecule has 0 aromatic heterocycles. The number of hydrogen-bond acceptors (Lipinski definition) is 5. The van der Waals surface area contributed by atoms with Gasteiger partial charge >= 0.3 is 0 Å². The van der Waals surface area contributed by atoms with Crippen molar-refractivity contribution in [2.75, 3.05) is 27.2 Å². The van der Waals surface area contributed by atoms with Crippen LogP contribution in [0.2, 0.25) is 0 Å². The number of hydrogen-bond donors (Lipinski definition) is 2. The van der Waals surface area contributed by atoms with Gasteiger partial charge in [-0.15, -0.1) is 0 Å². The first-order valence-corrected chi connectivity index (χ1v) is 10.2. The van der Waals surface area contributed by atoms with E-state index in [-0.39, 0.29) is 23.4 Å². The topological polar surface area (TPSA) is 81.1 Å². The Morgan fingerprint density at radius 2 is 1.72 bits per heavy atom. The molecule has 6 nitrogen and oxygen atoms in total. The van der Waals surface area contributed by atoms with Crippen LogP contribution in [0.25, 0.3) is 16.5 Å². The number of likely N-dealkylation sites (tertiary alicyclic amines) is 1. The lowest BCUT2D eigenvalue weighted by Gasteiger charge is -2.26. The lowest BCUT2D eigenvalue weighted by molar-refractivity contribution is -0.140. The molecule has 1 atom stereocenters. The zero-order valence-corrected chi connectivity index (χ0v) is 17.7. The fourth-order valence-corrected chi connectivity index (χ4v) is 4.00. The summed E-state index contributed by atoms with van der Waals surface area (Å²) in [6.07, 6.45) is 0. The zero-order valence-electron chi connectivity index (χ0n) is 17.7. The molecule has 1 saturated heterocycles. The molecule has 0 saturated carbocycles. The molecule has 1 aliphatic heterocycles. The predicted molar refractivity (Wildman–Crippen MR) is 120 cm³/mol. The molecule has 4 rings (SSSR count). The van der Waals surface area contributed by atoms with E-state index in [0.717, 1.165) is 5.39 Å². The predicted octanol–water partition coefficient (Wildman–Crippen LogP) is 3.67. The lowest BCUT2D eigenvalue weighted by Crippen LogP contribution is -2.35. The summed E-state index contributed by atoms with van der Waals surface area (Å²) >= 11 is 0. The van der Waals surface area contributed by atoms with Crippen molar-refractivity contribution in [2.45, 2.75) is 6.04 Å². The van der Waals surface area contributed by atoms with Gasteiger partial charge in [0.25, 0.3) is 11.7 Å². The highest BCUT2D eigenvalue weighted by Gasteiger charge is 2.46. The number of halogens is 1. The van der Waals surface area contributed by atoms with Crippen molar-refractivity contribution in [2.24, 2.45) is 0 Å². The fourth-order valence-electron chi connectivity index (χ4n) is 4.00. The van der Waals surface area contributed by atoms with Crippen LogP contribution in [0, 0.1) is 5.82 Å². The van der Waals surface area contributed by atoms with E-state index in [1.165, 1.54) is 35.2 Å². The van der Waals surface area contributed by atoms with Crippen LogP contribution in [0.4, 0.5) is 4.39 Å². The molecule has 1 unspecified atom stereocenters. The molecule has 32 heavy (non-hydrogen) atoms. The number of phenolic OH excluding ortho intramolecular Hbond substituents is 1. The number of ketones is 1. The SMILES string of the molecule is CN(C)CCN1C(=O)C(=O)C(=C(O)c2ccc3ccccc3c2O)C1c1ccc(F)cc1. The number of aromatic hydroxyl groups is 1. The van der Waals surface area contributed by atoms with E-state index in [0.29, 0.717) is 17.5 Å². The minimum atomic E-state index is -0.901. The number of Topliss-reactive ketones (excluding diaryl/α,β-unsaturated/α-hetero) is 1. The Bertz CT molecular complexity index is 1230. The van der Waals surface area contributed by atoms with Crippen molar-refractivity contribution >= 4 is 28.2 Å². The summed E-state index contributed by atoms with van der Waals surface area (Å²) in [6.45, 7) is 0.728. The van der Waals surface area contributed by atoms with Gasteiger partial charge in [-0.2, -0.15) is 0 Å². The van der Waals surface area contributed by atoms with E-state index in [2.05, 4.69) is 0 Å². The van der Waals surface area contributed by atoms with Crippen molar-refractivity contribution in [3.05, 3.63) is 83.2 Å². The van der Waals surface area contributed by atoms with Gasteiger partial charge in [0.15, 0.2) is 0 Å². The maximum atomic E-state index is 13.6. The number of rotatable bonds is 5. The van der Waals surface area contributed by atoms with Gasteiger partial charge in [0.05, 0.1) is 17.2 Å². The number of fused-ring (bicyclic) bond motifs is 1. The third-order valence-electron chi connectivity index (χ3n) is 5.67. The number of aliphatic hydroxyl groups excluding tert-OH is 1. The van der Waals surface area contributed by atoms with Crippen LogP contribution in [-0.4, -0.2) is 58.9 Å². The second kappa shape index (κ2) is 8.43. The molecule has 1 amide bonds. The number of benzene rings is 3. The summed E-state index contributed by atoms with van der Waals surface area (Å²) in [5.41, 5.74) is 0.415. The van der Waals surface area contributed by atoms with Gasteiger partial charge in [-0.3, -0.25) is 9.59 Å². The van der Waals surface area contributed by atoms with Gasteiger partial charge in [-0.25, -0.2) is 4.39 Å². The summed E-state index contributed by atoms with van der Waals surface area (Å²) in [5.74, 6) is -2.69. The van der Waals surface area contributed by atoms with Crippen LogP contribution < -0.4 is 0 Å². The van der Waals surface area contributed by atoms with E-state index in [1.807, 2.05) is 31.1 Å². The molecule has 1 heterocycles.